The summed E-state index contributed by atoms with van der Waals surface area (Å²) in [5.41, 5.74) is 1.16. The number of carbonyl (C=O) groups excluding carboxylic acids is 1. The summed E-state index contributed by atoms with van der Waals surface area (Å²) in [6, 6.07) is 0. The number of aromatic nitrogens is 4. The molecule has 2 N–H and O–H groups in total. The maximum absolute atomic E-state index is 12.0. The Labute approximate surface area is 133 Å². The highest BCUT2D eigenvalue weighted by molar-refractivity contribution is 5.96. The van der Waals surface area contributed by atoms with Gasteiger partial charge in [-0.1, -0.05) is 13.8 Å². The maximum atomic E-state index is 12.0. The first kappa shape index (κ1) is 15.8. The van der Waals surface area contributed by atoms with Crippen LogP contribution < -0.4 is 5.32 Å². The van der Waals surface area contributed by atoms with Gasteiger partial charge in [-0.05, 0) is 18.8 Å². The van der Waals surface area contributed by atoms with Crippen LogP contribution in [0, 0.1) is 5.92 Å². The number of fused-ring (bicyclic) bond motifs is 1. The van der Waals surface area contributed by atoms with Crippen LogP contribution in [0.5, 0.6) is 0 Å². The number of nitrogens with zero attached hydrogens (tertiary/aromatic N) is 4. The Morgan fingerprint density at radius 3 is 2.96 bits per heavy atom. The zero-order valence-electron chi connectivity index (χ0n) is 13.3. The number of aliphatic hydroxyl groups excluding tert-OH is 1. The number of ether oxygens (including phenoxy) is 1. The van der Waals surface area contributed by atoms with Crippen molar-refractivity contribution in [1.82, 2.24) is 19.5 Å². The van der Waals surface area contributed by atoms with Crippen LogP contribution in [0.4, 0.5) is 5.82 Å². The van der Waals surface area contributed by atoms with Crippen molar-refractivity contribution in [3.63, 3.8) is 0 Å². The average Bonchev–Trinajstić information content (AvgIpc) is 3.12. The van der Waals surface area contributed by atoms with E-state index in [9.17, 15) is 9.90 Å². The third kappa shape index (κ3) is 3.32. The minimum absolute atomic E-state index is 0.00855. The highest BCUT2D eigenvalue weighted by Gasteiger charge is 2.27. The van der Waals surface area contributed by atoms with E-state index in [0.717, 1.165) is 12.8 Å². The SMILES string of the molecule is CC(C)CC(=O)Nc1ncnc2c1ncn2[C@H]1CC[C@@H](CO)O1. The molecular formula is C15H21N5O3. The third-order valence-electron chi connectivity index (χ3n) is 3.81. The fourth-order valence-corrected chi connectivity index (χ4v) is 2.73. The molecule has 1 aliphatic rings. The van der Waals surface area contributed by atoms with Crippen LogP contribution in [-0.4, -0.2) is 43.2 Å². The maximum Gasteiger partial charge on any atom is 0.225 e. The molecule has 23 heavy (non-hydrogen) atoms. The first-order chi connectivity index (χ1) is 11.1. The van der Waals surface area contributed by atoms with E-state index in [1.165, 1.54) is 6.33 Å². The van der Waals surface area contributed by atoms with E-state index >= 15 is 0 Å². The first-order valence-electron chi connectivity index (χ1n) is 7.82. The van der Waals surface area contributed by atoms with Crippen LogP contribution in [0.3, 0.4) is 0 Å². The normalized spacial score (nSPS) is 21.2. The molecule has 3 heterocycles. The number of aliphatic hydroxyl groups is 1. The molecule has 0 unspecified atom stereocenters. The summed E-state index contributed by atoms with van der Waals surface area (Å²) in [6.45, 7) is 3.98. The van der Waals surface area contributed by atoms with Crippen molar-refractivity contribution >= 4 is 22.9 Å². The van der Waals surface area contributed by atoms with E-state index in [1.807, 2.05) is 18.4 Å². The fourth-order valence-electron chi connectivity index (χ4n) is 2.73. The van der Waals surface area contributed by atoms with Gasteiger partial charge >= 0.3 is 0 Å². The summed E-state index contributed by atoms with van der Waals surface area (Å²) >= 11 is 0. The lowest BCUT2D eigenvalue weighted by Crippen LogP contribution is -2.16. The van der Waals surface area contributed by atoms with Crippen molar-refractivity contribution in [2.45, 2.75) is 45.4 Å². The van der Waals surface area contributed by atoms with Crippen molar-refractivity contribution in [3.05, 3.63) is 12.7 Å². The molecule has 0 aromatic carbocycles. The van der Waals surface area contributed by atoms with Crippen LogP contribution >= 0.6 is 0 Å². The molecule has 0 bridgehead atoms. The van der Waals surface area contributed by atoms with Crippen LogP contribution in [0.15, 0.2) is 12.7 Å². The summed E-state index contributed by atoms with van der Waals surface area (Å²) in [7, 11) is 0. The molecule has 0 spiro atoms. The Bertz CT molecular complexity index is 699. The van der Waals surface area contributed by atoms with Gasteiger partial charge in [0.25, 0.3) is 0 Å². The standard InChI is InChI=1S/C15H21N5O3/c1-9(2)5-11(22)19-14-13-15(17-7-16-14)20(8-18-13)12-4-3-10(6-21)23-12/h7-10,12,21H,3-6H2,1-2H3,(H,16,17,19,22)/t10-,12+/m0/s1. The number of hydrogen-bond donors (Lipinski definition) is 2. The topological polar surface area (TPSA) is 102 Å². The van der Waals surface area contributed by atoms with Crippen LogP contribution in [0.25, 0.3) is 11.2 Å². The predicted octanol–water partition coefficient (Wildman–Crippen LogP) is 1.48. The number of hydrogen-bond acceptors (Lipinski definition) is 6. The first-order valence-corrected chi connectivity index (χ1v) is 7.82. The van der Waals surface area contributed by atoms with E-state index in [4.69, 9.17) is 4.74 Å². The molecular weight excluding hydrogens is 298 g/mol. The Morgan fingerprint density at radius 2 is 2.26 bits per heavy atom. The number of rotatable bonds is 5. The van der Waals surface area contributed by atoms with E-state index in [2.05, 4.69) is 20.3 Å². The largest absolute Gasteiger partial charge is 0.394 e. The summed E-state index contributed by atoms with van der Waals surface area (Å²) < 4.78 is 7.59. The van der Waals surface area contributed by atoms with Crippen molar-refractivity contribution < 1.29 is 14.6 Å². The highest BCUT2D eigenvalue weighted by atomic mass is 16.5. The van der Waals surface area contributed by atoms with E-state index in [0.29, 0.717) is 23.4 Å². The van der Waals surface area contributed by atoms with Gasteiger partial charge in [0, 0.05) is 6.42 Å². The van der Waals surface area contributed by atoms with Gasteiger partial charge < -0.3 is 15.2 Å². The predicted molar refractivity (Wildman–Crippen MR) is 83.6 cm³/mol. The Morgan fingerprint density at radius 1 is 1.43 bits per heavy atom. The molecule has 8 heteroatoms. The second-order valence-electron chi connectivity index (χ2n) is 6.17. The Kier molecular flexibility index (Phi) is 4.53. The fraction of sp³-hybridized carbons (Fsp3) is 0.600. The molecule has 1 fully saturated rings. The summed E-state index contributed by atoms with van der Waals surface area (Å²) in [6.07, 6.45) is 4.71. The lowest BCUT2D eigenvalue weighted by molar-refractivity contribution is -0.116. The lowest BCUT2D eigenvalue weighted by atomic mass is 10.1. The Hall–Kier alpha value is -2.06. The van der Waals surface area contributed by atoms with Crippen molar-refractivity contribution in [3.8, 4) is 0 Å². The number of carbonyl (C=O) groups is 1. The summed E-state index contributed by atoms with van der Waals surface area (Å²) in [4.78, 5) is 24.7. The molecule has 0 aliphatic carbocycles. The summed E-state index contributed by atoms with van der Waals surface area (Å²) in [5.74, 6) is 0.593. The number of imidazole rings is 1. The number of amides is 1. The van der Waals surface area contributed by atoms with Gasteiger partial charge in [-0.3, -0.25) is 9.36 Å². The molecule has 0 radical (unpaired) electrons. The van der Waals surface area contributed by atoms with Gasteiger partial charge in [-0.15, -0.1) is 0 Å². The molecule has 3 rings (SSSR count). The second kappa shape index (κ2) is 6.59. The second-order valence-corrected chi connectivity index (χ2v) is 6.17. The number of nitrogens with one attached hydrogen (secondary N) is 1. The molecule has 8 nitrogen and oxygen atoms in total. The average molecular weight is 319 g/mol. The van der Waals surface area contributed by atoms with Gasteiger partial charge in [0.2, 0.25) is 5.91 Å². The van der Waals surface area contributed by atoms with Gasteiger partial charge in [0.05, 0.1) is 19.0 Å². The lowest BCUT2D eigenvalue weighted by Gasteiger charge is -2.14. The summed E-state index contributed by atoms with van der Waals surface area (Å²) in [5, 5.41) is 12.0. The zero-order valence-corrected chi connectivity index (χ0v) is 13.3. The zero-order chi connectivity index (χ0) is 16.4. The van der Waals surface area contributed by atoms with Gasteiger partial charge in [-0.2, -0.15) is 0 Å². The smallest absolute Gasteiger partial charge is 0.225 e. The minimum Gasteiger partial charge on any atom is -0.394 e. The van der Waals surface area contributed by atoms with Gasteiger partial charge in [0.1, 0.15) is 12.6 Å². The third-order valence-corrected chi connectivity index (χ3v) is 3.81. The molecule has 2 aromatic heterocycles. The monoisotopic (exact) mass is 319 g/mol. The van der Waals surface area contributed by atoms with Gasteiger partial charge in [-0.25, -0.2) is 15.0 Å². The van der Waals surface area contributed by atoms with Crippen LogP contribution in [0.1, 0.15) is 39.3 Å². The molecule has 2 aromatic rings. The molecule has 1 amide bonds. The molecule has 2 atom stereocenters. The van der Waals surface area contributed by atoms with Crippen molar-refractivity contribution in [1.29, 1.82) is 0 Å². The van der Waals surface area contributed by atoms with Gasteiger partial charge in [0.15, 0.2) is 17.0 Å². The minimum atomic E-state index is -0.203. The van der Waals surface area contributed by atoms with E-state index < -0.39 is 0 Å². The van der Waals surface area contributed by atoms with E-state index in [-0.39, 0.29) is 30.8 Å². The quantitative estimate of drug-likeness (QED) is 0.865. The van der Waals surface area contributed by atoms with E-state index in [1.54, 1.807) is 6.33 Å². The van der Waals surface area contributed by atoms with Crippen LogP contribution in [-0.2, 0) is 9.53 Å². The molecule has 0 saturated carbocycles. The van der Waals surface area contributed by atoms with Crippen LogP contribution in [0.2, 0.25) is 0 Å². The van der Waals surface area contributed by atoms with Crippen molar-refractivity contribution in [2.75, 3.05) is 11.9 Å². The molecule has 124 valence electrons. The molecule has 1 saturated heterocycles. The highest BCUT2D eigenvalue weighted by Crippen LogP contribution is 2.31. The Balaban J connectivity index is 1.84. The molecule has 1 aliphatic heterocycles. The number of anilines is 1. The van der Waals surface area contributed by atoms with Crippen molar-refractivity contribution in [2.24, 2.45) is 5.92 Å².